The van der Waals surface area contributed by atoms with Gasteiger partial charge in [-0.15, -0.1) is 0 Å². The Hall–Kier alpha value is -0.970. The number of rotatable bonds is 2. The highest BCUT2D eigenvalue weighted by Gasteiger charge is 2.50. The van der Waals surface area contributed by atoms with E-state index in [2.05, 4.69) is 56.4 Å². The second kappa shape index (κ2) is 5.29. The quantitative estimate of drug-likeness (QED) is 0.520. The van der Waals surface area contributed by atoms with Crippen LogP contribution < -0.4 is 0 Å². The fourth-order valence-electron chi connectivity index (χ4n) is 4.33. The molecule has 0 amide bonds. The van der Waals surface area contributed by atoms with E-state index < -0.39 is 17.0 Å². The maximum absolute atomic E-state index is 14.8. The van der Waals surface area contributed by atoms with Gasteiger partial charge in [0.25, 0.3) is 0 Å². The van der Waals surface area contributed by atoms with Crippen molar-refractivity contribution in [1.29, 1.82) is 0 Å². The predicted octanol–water partition coefficient (Wildman–Crippen LogP) is 6.15. The fraction of sp³-hybridized carbons (Fsp3) is 0.368. The summed E-state index contributed by atoms with van der Waals surface area (Å²) in [4.78, 5) is 0. The second-order valence-corrected chi connectivity index (χ2v) is 7.81. The first-order valence-electron chi connectivity index (χ1n) is 7.60. The summed E-state index contributed by atoms with van der Waals surface area (Å²) in [5.41, 5.74) is 3.10. The molecule has 2 aromatic rings. The van der Waals surface area contributed by atoms with Gasteiger partial charge in [-0.05, 0) is 63.2 Å². The minimum atomic E-state index is -0.509. The third-order valence-electron chi connectivity index (χ3n) is 5.02. The van der Waals surface area contributed by atoms with E-state index in [0.717, 1.165) is 26.3 Å². The van der Waals surface area contributed by atoms with E-state index in [1.807, 2.05) is 12.1 Å². The van der Waals surface area contributed by atoms with Crippen molar-refractivity contribution < 1.29 is 8.78 Å². The molecule has 22 heavy (non-hydrogen) atoms. The topological polar surface area (TPSA) is 0 Å². The van der Waals surface area contributed by atoms with Gasteiger partial charge in [0.2, 0.25) is 0 Å². The minimum Gasteiger partial charge on any atom is -0.207 e. The maximum Gasteiger partial charge on any atom is 0.130 e. The molecule has 1 aliphatic rings. The second-order valence-electron chi connectivity index (χ2n) is 6.65. The summed E-state index contributed by atoms with van der Waals surface area (Å²) in [5, 5.41) is 0. The summed E-state index contributed by atoms with van der Waals surface area (Å²) < 4.78 is 29.7. The molecular weight excluding hydrogens is 393 g/mol. The van der Waals surface area contributed by atoms with Crippen LogP contribution in [0.25, 0.3) is 11.1 Å². The monoisotopic (exact) mass is 412 g/mol. The third kappa shape index (κ3) is 1.90. The number of hydrogen-bond acceptors (Lipinski definition) is 0. The van der Waals surface area contributed by atoms with Gasteiger partial charge in [-0.1, -0.05) is 39.8 Å². The molecule has 3 rings (SSSR count). The molecule has 0 N–H and O–H groups in total. The van der Waals surface area contributed by atoms with Gasteiger partial charge in [-0.3, -0.25) is 0 Å². The summed E-state index contributed by atoms with van der Waals surface area (Å²) in [6.45, 7) is 8.51. The lowest BCUT2D eigenvalue weighted by Crippen LogP contribution is -2.38. The van der Waals surface area contributed by atoms with Crippen molar-refractivity contribution in [2.45, 2.75) is 33.1 Å². The first-order valence-corrected chi connectivity index (χ1v) is 8.68. The third-order valence-corrected chi connectivity index (χ3v) is 5.92. The molecule has 0 fully saturated rings. The first-order chi connectivity index (χ1) is 10.3. The fourth-order valence-corrected chi connectivity index (χ4v) is 5.12. The molecule has 0 spiro atoms. The Balaban J connectivity index is 2.53. The molecule has 3 heteroatoms. The average Bonchev–Trinajstić information content (AvgIpc) is 2.71. The van der Waals surface area contributed by atoms with E-state index in [0.29, 0.717) is 5.56 Å². The van der Waals surface area contributed by atoms with Crippen molar-refractivity contribution in [3.63, 3.8) is 0 Å². The Morgan fingerprint density at radius 1 is 1.00 bits per heavy atom. The van der Waals surface area contributed by atoms with Crippen molar-refractivity contribution in [1.82, 2.24) is 0 Å². The number of hydrogen-bond donors (Lipinski definition) is 0. The summed E-state index contributed by atoms with van der Waals surface area (Å²) in [6.07, 6.45) is 0. The highest BCUT2D eigenvalue weighted by Crippen LogP contribution is 2.58. The van der Waals surface area contributed by atoms with E-state index in [4.69, 9.17) is 0 Å². The first kappa shape index (κ1) is 15.9. The van der Waals surface area contributed by atoms with Crippen LogP contribution in [0.1, 0.15) is 38.8 Å². The lowest BCUT2D eigenvalue weighted by Gasteiger charge is -2.40. The molecule has 0 unspecified atom stereocenters. The van der Waals surface area contributed by atoms with Gasteiger partial charge >= 0.3 is 0 Å². The Kier molecular flexibility index (Phi) is 3.83. The zero-order valence-electron chi connectivity index (χ0n) is 13.2. The molecule has 1 aliphatic carbocycles. The van der Waals surface area contributed by atoms with E-state index in [1.54, 1.807) is 0 Å². The zero-order chi connectivity index (χ0) is 16.2. The van der Waals surface area contributed by atoms with Crippen LogP contribution >= 0.6 is 22.6 Å². The molecule has 0 nitrogen and oxygen atoms in total. The van der Waals surface area contributed by atoms with Crippen LogP contribution in [0.3, 0.4) is 0 Å². The van der Waals surface area contributed by atoms with Gasteiger partial charge in [0.05, 0.1) is 0 Å². The molecule has 0 saturated heterocycles. The standard InChI is InChI=1S/C19H19F2I/c1-10(2)19(11(3)4)14-6-5-7-16(22)17(14)13-8-12(20)9-15(21)18(13)19/h5-11H,1-4H3. The van der Waals surface area contributed by atoms with Gasteiger partial charge < -0.3 is 0 Å². The van der Waals surface area contributed by atoms with Gasteiger partial charge in [-0.25, -0.2) is 8.78 Å². The number of fused-ring (bicyclic) bond motifs is 3. The van der Waals surface area contributed by atoms with Crippen molar-refractivity contribution in [2.75, 3.05) is 0 Å². The molecule has 0 aromatic heterocycles. The molecule has 0 radical (unpaired) electrons. The zero-order valence-corrected chi connectivity index (χ0v) is 15.3. The average molecular weight is 412 g/mol. The van der Waals surface area contributed by atoms with Crippen LogP contribution in [-0.2, 0) is 5.41 Å². The molecular formula is C19H19F2I. The van der Waals surface area contributed by atoms with E-state index in [-0.39, 0.29) is 11.8 Å². The van der Waals surface area contributed by atoms with E-state index >= 15 is 0 Å². The lowest BCUT2D eigenvalue weighted by molar-refractivity contribution is 0.271. The number of halogens is 3. The Morgan fingerprint density at radius 2 is 1.64 bits per heavy atom. The van der Waals surface area contributed by atoms with Crippen LogP contribution in [-0.4, -0.2) is 0 Å². The SMILES string of the molecule is CC(C)C1(C(C)C)c2cccc(I)c2-c2cc(F)cc(F)c21. The van der Waals surface area contributed by atoms with Crippen molar-refractivity contribution in [2.24, 2.45) is 11.8 Å². The smallest absolute Gasteiger partial charge is 0.130 e. The van der Waals surface area contributed by atoms with E-state index in [1.165, 1.54) is 6.07 Å². The summed E-state index contributed by atoms with van der Waals surface area (Å²) in [6, 6.07) is 8.61. The number of benzene rings is 2. The Morgan fingerprint density at radius 3 is 2.23 bits per heavy atom. The van der Waals surface area contributed by atoms with Gasteiger partial charge in [0.15, 0.2) is 0 Å². The minimum absolute atomic E-state index is 0.214. The summed E-state index contributed by atoms with van der Waals surface area (Å²) >= 11 is 2.26. The molecule has 0 saturated carbocycles. The predicted molar refractivity (Wildman–Crippen MR) is 95.0 cm³/mol. The highest BCUT2D eigenvalue weighted by molar-refractivity contribution is 14.1. The normalized spacial score (nSPS) is 15.3. The molecule has 0 heterocycles. The van der Waals surface area contributed by atoms with Crippen LogP contribution in [0.2, 0.25) is 0 Å². The van der Waals surface area contributed by atoms with Crippen molar-refractivity contribution in [3.8, 4) is 11.1 Å². The lowest BCUT2D eigenvalue weighted by atomic mass is 9.63. The van der Waals surface area contributed by atoms with E-state index in [9.17, 15) is 8.78 Å². The van der Waals surface area contributed by atoms with Crippen LogP contribution in [0, 0.1) is 27.0 Å². The van der Waals surface area contributed by atoms with Gasteiger partial charge in [0.1, 0.15) is 11.6 Å². The molecule has 0 aliphatic heterocycles. The Labute approximate surface area is 144 Å². The highest BCUT2D eigenvalue weighted by atomic mass is 127. The molecule has 2 aromatic carbocycles. The summed E-state index contributed by atoms with van der Waals surface area (Å²) in [7, 11) is 0. The molecule has 116 valence electrons. The van der Waals surface area contributed by atoms with Gasteiger partial charge in [-0.2, -0.15) is 0 Å². The van der Waals surface area contributed by atoms with Crippen molar-refractivity contribution >= 4 is 22.6 Å². The van der Waals surface area contributed by atoms with Crippen LogP contribution in [0.15, 0.2) is 30.3 Å². The van der Waals surface area contributed by atoms with Crippen LogP contribution in [0.4, 0.5) is 8.78 Å². The Bertz CT molecular complexity index is 739. The summed E-state index contributed by atoms with van der Waals surface area (Å²) in [5.74, 6) is -0.508. The molecule has 0 atom stereocenters. The maximum atomic E-state index is 14.8. The molecule has 0 bridgehead atoms. The largest absolute Gasteiger partial charge is 0.207 e. The van der Waals surface area contributed by atoms with Crippen LogP contribution in [0.5, 0.6) is 0 Å². The van der Waals surface area contributed by atoms with Crippen molar-refractivity contribution in [3.05, 3.63) is 56.7 Å². The van der Waals surface area contributed by atoms with Gasteiger partial charge in [0, 0.05) is 20.6 Å².